The number of aliphatic hydroxyl groups excluding tert-OH is 1. The maximum Gasteiger partial charge on any atom is 0.296 e. The molecule has 5 rings (SSSR count). The second-order valence-electron chi connectivity index (χ2n) is 10.7. The van der Waals surface area contributed by atoms with Gasteiger partial charge >= 0.3 is 0 Å². The minimum absolute atomic E-state index is 0.0618. The number of nitrogens with zero attached hydrogens (tertiary/aromatic N) is 3. The van der Waals surface area contributed by atoms with Gasteiger partial charge < -0.3 is 14.6 Å². The Morgan fingerprint density at radius 2 is 1.84 bits per heavy atom. The molecule has 0 bridgehead atoms. The fraction of sp³-hybridized carbons (Fsp3) is 0.235. The molecule has 0 aliphatic carbocycles. The van der Waals surface area contributed by atoms with Crippen molar-refractivity contribution in [2.75, 3.05) is 18.6 Å². The van der Waals surface area contributed by atoms with Crippen molar-refractivity contribution in [1.82, 2.24) is 10.2 Å². The van der Waals surface area contributed by atoms with E-state index in [2.05, 4.69) is 24.0 Å². The van der Waals surface area contributed by atoms with Crippen LogP contribution in [0, 0.1) is 5.92 Å². The lowest BCUT2D eigenvalue weighted by Crippen LogP contribution is -2.30. The Morgan fingerprint density at radius 3 is 2.56 bits per heavy atom. The number of halogens is 1. The number of carbonyl (C=O) groups is 2. The standard InChI is InChI=1S/C34H32ClN3O5S2/c1-21(2)17-18-43-27-16-12-24(19-28(27)42-3)30-29(26(39)15-11-22-7-5-4-6-8-22)31(40)32(41)38(30)33-36-37-34(45-33)44-20-23-9-13-25(35)14-10-23/h4-16,19,21,30,40H,17-18,20H2,1-3H3. The van der Waals surface area contributed by atoms with E-state index >= 15 is 0 Å². The van der Waals surface area contributed by atoms with E-state index in [0.29, 0.717) is 44.7 Å². The van der Waals surface area contributed by atoms with Crippen LogP contribution in [0.3, 0.4) is 0 Å². The first-order chi connectivity index (χ1) is 21.7. The molecule has 1 amide bonds. The van der Waals surface area contributed by atoms with E-state index in [9.17, 15) is 14.7 Å². The lowest BCUT2D eigenvalue weighted by molar-refractivity contribution is -0.117. The second kappa shape index (κ2) is 14.8. The highest BCUT2D eigenvalue weighted by molar-refractivity contribution is 8.00. The molecule has 1 unspecified atom stereocenters. The highest BCUT2D eigenvalue weighted by Gasteiger charge is 2.45. The molecule has 0 saturated heterocycles. The number of benzene rings is 3. The van der Waals surface area contributed by atoms with Crippen LogP contribution < -0.4 is 14.4 Å². The van der Waals surface area contributed by atoms with Gasteiger partial charge in [-0.2, -0.15) is 0 Å². The van der Waals surface area contributed by atoms with Gasteiger partial charge in [0.15, 0.2) is 27.4 Å². The Kier molecular flexibility index (Phi) is 10.6. The Labute approximate surface area is 275 Å². The van der Waals surface area contributed by atoms with Crippen molar-refractivity contribution < 1.29 is 24.2 Å². The molecule has 232 valence electrons. The maximum atomic E-state index is 13.7. The van der Waals surface area contributed by atoms with Crippen LogP contribution in [0.1, 0.15) is 43.0 Å². The summed E-state index contributed by atoms with van der Waals surface area (Å²) in [7, 11) is 1.53. The molecule has 1 aromatic heterocycles. The number of ketones is 1. The summed E-state index contributed by atoms with van der Waals surface area (Å²) in [5, 5.41) is 20.6. The number of allylic oxidation sites excluding steroid dienone is 1. The summed E-state index contributed by atoms with van der Waals surface area (Å²) >= 11 is 8.67. The molecular weight excluding hydrogens is 630 g/mol. The van der Waals surface area contributed by atoms with Gasteiger partial charge in [0.25, 0.3) is 5.91 Å². The molecule has 1 atom stereocenters. The quantitative estimate of drug-likeness (QED) is 0.0871. The number of rotatable bonds is 13. The normalized spacial score (nSPS) is 15.0. The van der Waals surface area contributed by atoms with Crippen LogP contribution in [0.5, 0.6) is 11.5 Å². The average Bonchev–Trinajstić information content (AvgIpc) is 3.61. The topological polar surface area (TPSA) is 102 Å². The van der Waals surface area contributed by atoms with E-state index in [1.54, 1.807) is 24.3 Å². The Bertz CT molecular complexity index is 1720. The van der Waals surface area contributed by atoms with Crippen molar-refractivity contribution in [2.45, 2.75) is 36.4 Å². The summed E-state index contributed by atoms with van der Waals surface area (Å²) < 4.78 is 12.2. The van der Waals surface area contributed by atoms with Crippen molar-refractivity contribution >= 4 is 57.6 Å². The van der Waals surface area contributed by atoms with Crippen LogP contribution in [0.15, 0.2) is 94.5 Å². The number of hydrogen-bond donors (Lipinski definition) is 1. The van der Waals surface area contributed by atoms with E-state index in [0.717, 1.165) is 17.5 Å². The van der Waals surface area contributed by atoms with Crippen molar-refractivity contribution in [3.05, 3.63) is 112 Å². The lowest BCUT2D eigenvalue weighted by atomic mass is 9.95. The molecule has 1 aliphatic heterocycles. The van der Waals surface area contributed by atoms with Crippen LogP contribution in [0.4, 0.5) is 5.13 Å². The van der Waals surface area contributed by atoms with Gasteiger partial charge in [-0.15, -0.1) is 10.2 Å². The molecule has 0 spiro atoms. The first-order valence-corrected chi connectivity index (χ1v) is 16.5. The first-order valence-electron chi connectivity index (χ1n) is 14.3. The predicted octanol–water partition coefficient (Wildman–Crippen LogP) is 8.10. The lowest BCUT2D eigenvalue weighted by Gasteiger charge is -2.24. The van der Waals surface area contributed by atoms with Gasteiger partial charge in [-0.25, -0.2) is 0 Å². The largest absolute Gasteiger partial charge is 0.503 e. The molecule has 1 aliphatic rings. The van der Waals surface area contributed by atoms with Crippen LogP contribution in [-0.2, 0) is 15.3 Å². The fourth-order valence-electron chi connectivity index (χ4n) is 4.66. The number of ether oxygens (including phenoxy) is 2. The van der Waals surface area contributed by atoms with Crippen molar-refractivity contribution in [3.8, 4) is 11.5 Å². The molecule has 2 heterocycles. The first kappa shape index (κ1) is 32.3. The Morgan fingerprint density at radius 1 is 1.09 bits per heavy atom. The molecule has 3 aromatic carbocycles. The summed E-state index contributed by atoms with van der Waals surface area (Å²) in [6, 6.07) is 21.1. The third kappa shape index (κ3) is 7.76. The number of carbonyl (C=O) groups excluding carboxylic acids is 2. The fourth-order valence-corrected chi connectivity index (χ4v) is 6.61. The minimum atomic E-state index is -0.980. The number of methoxy groups -OCH3 is 1. The van der Waals surface area contributed by atoms with Gasteiger partial charge in [0.1, 0.15) is 0 Å². The SMILES string of the molecule is COc1cc(C2C(C(=O)C=Cc3ccccc3)=C(O)C(=O)N2c2nnc(SCc3ccc(Cl)cc3)s2)ccc1OCCC(C)C. The van der Waals surface area contributed by atoms with E-state index in [1.165, 1.54) is 41.2 Å². The minimum Gasteiger partial charge on any atom is -0.503 e. The highest BCUT2D eigenvalue weighted by Crippen LogP contribution is 2.45. The molecule has 45 heavy (non-hydrogen) atoms. The van der Waals surface area contributed by atoms with Gasteiger partial charge in [0, 0.05) is 10.8 Å². The van der Waals surface area contributed by atoms with E-state index < -0.39 is 23.5 Å². The zero-order valence-electron chi connectivity index (χ0n) is 25.0. The van der Waals surface area contributed by atoms with Gasteiger partial charge in [-0.1, -0.05) is 103 Å². The van der Waals surface area contributed by atoms with E-state index in [4.69, 9.17) is 21.1 Å². The van der Waals surface area contributed by atoms with E-state index in [-0.39, 0.29) is 10.7 Å². The summed E-state index contributed by atoms with van der Waals surface area (Å²) in [5.74, 6) is 0.201. The predicted molar refractivity (Wildman–Crippen MR) is 179 cm³/mol. The van der Waals surface area contributed by atoms with Crippen LogP contribution in [-0.4, -0.2) is 40.7 Å². The molecular formula is C34H32ClN3O5S2. The Hall–Kier alpha value is -4.12. The summed E-state index contributed by atoms with van der Waals surface area (Å²) in [5.41, 5.74) is 2.34. The number of anilines is 1. The zero-order chi connectivity index (χ0) is 31.9. The summed E-state index contributed by atoms with van der Waals surface area (Å²) in [4.78, 5) is 28.6. The molecule has 0 saturated carbocycles. The molecule has 11 heteroatoms. The monoisotopic (exact) mass is 661 g/mol. The van der Waals surface area contributed by atoms with Crippen LogP contribution >= 0.6 is 34.7 Å². The Balaban J connectivity index is 1.48. The smallest absolute Gasteiger partial charge is 0.296 e. The number of thioether (sulfide) groups is 1. The van der Waals surface area contributed by atoms with Gasteiger partial charge in [0.05, 0.1) is 25.3 Å². The summed E-state index contributed by atoms with van der Waals surface area (Å²) in [6.45, 7) is 4.75. The third-order valence-electron chi connectivity index (χ3n) is 7.03. The molecule has 0 fully saturated rings. The van der Waals surface area contributed by atoms with Crippen LogP contribution in [0.2, 0.25) is 5.02 Å². The van der Waals surface area contributed by atoms with Crippen molar-refractivity contribution in [2.24, 2.45) is 5.92 Å². The van der Waals surface area contributed by atoms with Crippen molar-refractivity contribution in [1.29, 1.82) is 0 Å². The number of aromatic nitrogens is 2. The highest BCUT2D eigenvalue weighted by atomic mass is 35.5. The number of aliphatic hydroxyl groups is 1. The van der Waals surface area contributed by atoms with Gasteiger partial charge in [-0.05, 0) is 59.4 Å². The second-order valence-corrected chi connectivity index (χ2v) is 13.3. The molecule has 8 nitrogen and oxygen atoms in total. The van der Waals surface area contributed by atoms with Gasteiger partial charge in [0.2, 0.25) is 5.13 Å². The molecule has 0 radical (unpaired) electrons. The van der Waals surface area contributed by atoms with Gasteiger partial charge in [-0.3, -0.25) is 14.5 Å². The third-order valence-corrected chi connectivity index (χ3v) is 9.41. The number of hydrogen-bond acceptors (Lipinski definition) is 9. The zero-order valence-corrected chi connectivity index (χ0v) is 27.4. The molecule has 4 aromatic rings. The van der Waals surface area contributed by atoms with Crippen molar-refractivity contribution in [3.63, 3.8) is 0 Å². The summed E-state index contributed by atoms with van der Waals surface area (Å²) in [6.07, 6.45) is 3.88. The number of amides is 1. The van der Waals surface area contributed by atoms with E-state index in [1.807, 2.05) is 54.6 Å². The maximum absolute atomic E-state index is 13.7. The van der Waals surface area contributed by atoms with Crippen LogP contribution in [0.25, 0.3) is 6.08 Å². The molecule has 1 N–H and O–H groups in total. The average molecular weight is 662 g/mol.